The van der Waals surface area contributed by atoms with Crippen molar-refractivity contribution in [2.75, 3.05) is 20.6 Å². The van der Waals surface area contributed by atoms with Crippen molar-refractivity contribution in [3.63, 3.8) is 0 Å². The van der Waals surface area contributed by atoms with Crippen LogP contribution in [0, 0.1) is 5.92 Å². The van der Waals surface area contributed by atoms with Crippen LogP contribution in [0.15, 0.2) is 0 Å². The van der Waals surface area contributed by atoms with Crippen LogP contribution in [0.3, 0.4) is 0 Å². The molecule has 3 atom stereocenters. The number of hydrogen-bond acceptors (Lipinski definition) is 4. The summed E-state index contributed by atoms with van der Waals surface area (Å²) in [5.41, 5.74) is 0. The molecular weight excluding hydrogens is 248 g/mol. The van der Waals surface area contributed by atoms with E-state index in [0.29, 0.717) is 18.8 Å². The maximum absolute atomic E-state index is 12.1. The van der Waals surface area contributed by atoms with Gasteiger partial charge in [-0.05, 0) is 32.9 Å². The molecule has 1 aliphatic heterocycles. The Labute approximate surface area is 114 Å². The summed E-state index contributed by atoms with van der Waals surface area (Å²) < 4.78 is 5.25. The van der Waals surface area contributed by atoms with Crippen LogP contribution in [-0.2, 0) is 14.3 Å². The molecule has 0 spiro atoms. The molecule has 6 heteroatoms. The van der Waals surface area contributed by atoms with E-state index in [0.717, 1.165) is 6.54 Å². The zero-order valence-electron chi connectivity index (χ0n) is 12.0. The SMILES string of the molecule is CC(C)C(CN(C)C)NC(=O)[C@@H]1CC[C@H](C(=O)O)O1. The van der Waals surface area contributed by atoms with Crippen LogP contribution in [-0.4, -0.2) is 60.8 Å². The molecule has 19 heavy (non-hydrogen) atoms. The molecule has 1 amide bonds. The van der Waals surface area contributed by atoms with Crippen molar-refractivity contribution in [3.05, 3.63) is 0 Å². The van der Waals surface area contributed by atoms with Gasteiger partial charge in [0.1, 0.15) is 6.10 Å². The molecule has 0 aromatic heterocycles. The summed E-state index contributed by atoms with van der Waals surface area (Å²) in [4.78, 5) is 24.9. The number of carbonyl (C=O) groups excluding carboxylic acids is 1. The second-order valence-electron chi connectivity index (χ2n) is 5.65. The van der Waals surface area contributed by atoms with E-state index in [2.05, 4.69) is 5.32 Å². The van der Waals surface area contributed by atoms with Crippen LogP contribution in [0.2, 0.25) is 0 Å². The zero-order valence-corrected chi connectivity index (χ0v) is 12.0. The minimum atomic E-state index is -0.996. The fourth-order valence-electron chi connectivity index (χ4n) is 2.10. The molecule has 1 unspecified atom stereocenters. The number of ether oxygens (including phenoxy) is 1. The van der Waals surface area contributed by atoms with Crippen LogP contribution in [0.1, 0.15) is 26.7 Å². The van der Waals surface area contributed by atoms with Gasteiger partial charge in [0.05, 0.1) is 0 Å². The molecule has 0 aromatic carbocycles. The highest BCUT2D eigenvalue weighted by atomic mass is 16.5. The summed E-state index contributed by atoms with van der Waals surface area (Å²) in [6.07, 6.45) is -0.616. The van der Waals surface area contributed by atoms with Crippen LogP contribution >= 0.6 is 0 Å². The predicted molar refractivity (Wildman–Crippen MR) is 70.9 cm³/mol. The van der Waals surface area contributed by atoms with Gasteiger partial charge in [0.25, 0.3) is 0 Å². The standard InChI is InChI=1S/C13H24N2O4/c1-8(2)9(7-15(3)4)14-12(16)10-5-6-11(19-10)13(17)18/h8-11H,5-7H2,1-4H3,(H,14,16)(H,17,18)/t9?,10-,11+/m0/s1. The van der Waals surface area contributed by atoms with E-state index in [1.165, 1.54) is 0 Å². The van der Waals surface area contributed by atoms with Crippen molar-refractivity contribution in [1.82, 2.24) is 10.2 Å². The summed E-state index contributed by atoms with van der Waals surface area (Å²) in [6, 6.07) is 0.0370. The van der Waals surface area contributed by atoms with Gasteiger partial charge in [-0.15, -0.1) is 0 Å². The maximum atomic E-state index is 12.1. The molecule has 6 nitrogen and oxygen atoms in total. The topological polar surface area (TPSA) is 78.9 Å². The number of likely N-dealkylation sites (N-methyl/N-ethyl adjacent to an activating group) is 1. The molecule has 1 rings (SSSR count). The van der Waals surface area contributed by atoms with E-state index in [1.54, 1.807) is 0 Å². The van der Waals surface area contributed by atoms with Crippen LogP contribution in [0.25, 0.3) is 0 Å². The maximum Gasteiger partial charge on any atom is 0.332 e. The second kappa shape index (κ2) is 6.86. The lowest BCUT2D eigenvalue weighted by molar-refractivity contribution is -0.152. The van der Waals surface area contributed by atoms with Gasteiger partial charge in [-0.1, -0.05) is 13.8 Å². The lowest BCUT2D eigenvalue weighted by atomic mass is 10.0. The molecule has 1 heterocycles. The second-order valence-corrected chi connectivity index (χ2v) is 5.65. The highest BCUT2D eigenvalue weighted by Crippen LogP contribution is 2.20. The van der Waals surface area contributed by atoms with Crippen molar-refractivity contribution in [3.8, 4) is 0 Å². The Morgan fingerprint density at radius 3 is 2.32 bits per heavy atom. The summed E-state index contributed by atoms with van der Waals surface area (Å²) in [7, 11) is 3.90. The number of amides is 1. The number of nitrogens with one attached hydrogen (secondary N) is 1. The van der Waals surface area contributed by atoms with Crippen LogP contribution in [0.5, 0.6) is 0 Å². The Morgan fingerprint density at radius 2 is 1.89 bits per heavy atom. The van der Waals surface area contributed by atoms with E-state index in [1.807, 2.05) is 32.8 Å². The number of carboxylic acids is 1. The number of aliphatic carboxylic acids is 1. The first kappa shape index (κ1) is 15.9. The van der Waals surface area contributed by atoms with Gasteiger partial charge in [0.15, 0.2) is 6.10 Å². The molecule has 0 bridgehead atoms. The van der Waals surface area contributed by atoms with E-state index < -0.39 is 18.2 Å². The van der Waals surface area contributed by atoms with Gasteiger partial charge in [0, 0.05) is 12.6 Å². The predicted octanol–water partition coefficient (Wildman–Crippen LogP) is 0.321. The first-order valence-corrected chi connectivity index (χ1v) is 6.64. The fourth-order valence-corrected chi connectivity index (χ4v) is 2.10. The molecule has 110 valence electrons. The van der Waals surface area contributed by atoms with Crippen molar-refractivity contribution in [1.29, 1.82) is 0 Å². The number of nitrogens with zero attached hydrogens (tertiary/aromatic N) is 1. The normalized spacial score (nSPS) is 24.7. The molecule has 0 saturated carbocycles. The van der Waals surface area contributed by atoms with Gasteiger partial charge < -0.3 is 20.1 Å². The number of carbonyl (C=O) groups is 2. The molecule has 0 aromatic rings. The number of rotatable bonds is 6. The smallest absolute Gasteiger partial charge is 0.332 e. The van der Waals surface area contributed by atoms with E-state index in [4.69, 9.17) is 9.84 Å². The minimum Gasteiger partial charge on any atom is -0.479 e. The quantitative estimate of drug-likeness (QED) is 0.728. The molecular formula is C13H24N2O4. The minimum absolute atomic E-state index is 0.0370. The Kier molecular flexibility index (Phi) is 5.75. The summed E-state index contributed by atoms with van der Waals surface area (Å²) in [5, 5.41) is 11.8. The third-order valence-electron chi connectivity index (χ3n) is 3.28. The van der Waals surface area contributed by atoms with Gasteiger partial charge in [-0.25, -0.2) is 4.79 Å². The van der Waals surface area contributed by atoms with Crippen molar-refractivity contribution >= 4 is 11.9 Å². The first-order chi connectivity index (χ1) is 8.81. The molecule has 0 radical (unpaired) electrons. The summed E-state index contributed by atoms with van der Waals surface area (Å²) in [5.74, 6) is -0.892. The number of hydrogen-bond donors (Lipinski definition) is 2. The average molecular weight is 272 g/mol. The zero-order chi connectivity index (χ0) is 14.6. The van der Waals surface area contributed by atoms with E-state index >= 15 is 0 Å². The van der Waals surface area contributed by atoms with E-state index in [9.17, 15) is 9.59 Å². The third kappa shape index (κ3) is 4.80. The van der Waals surface area contributed by atoms with Gasteiger partial charge >= 0.3 is 5.97 Å². The van der Waals surface area contributed by atoms with Gasteiger partial charge in [0.2, 0.25) is 5.91 Å². The third-order valence-corrected chi connectivity index (χ3v) is 3.28. The Balaban J connectivity index is 2.51. The van der Waals surface area contributed by atoms with Crippen molar-refractivity contribution < 1.29 is 19.4 Å². The average Bonchev–Trinajstić information content (AvgIpc) is 2.76. The van der Waals surface area contributed by atoms with Crippen LogP contribution < -0.4 is 5.32 Å². The lowest BCUT2D eigenvalue weighted by Gasteiger charge is -2.26. The summed E-state index contributed by atoms with van der Waals surface area (Å²) in [6.45, 7) is 4.84. The van der Waals surface area contributed by atoms with Gasteiger partial charge in [-0.3, -0.25) is 4.79 Å². The van der Waals surface area contributed by atoms with Crippen molar-refractivity contribution in [2.24, 2.45) is 5.92 Å². The molecule has 0 aliphatic carbocycles. The van der Waals surface area contributed by atoms with Crippen molar-refractivity contribution in [2.45, 2.75) is 44.9 Å². The molecule has 1 fully saturated rings. The summed E-state index contributed by atoms with van der Waals surface area (Å²) >= 11 is 0. The number of carboxylic acid groups (broad SMARTS) is 1. The largest absolute Gasteiger partial charge is 0.479 e. The fraction of sp³-hybridized carbons (Fsp3) is 0.846. The Morgan fingerprint density at radius 1 is 1.32 bits per heavy atom. The van der Waals surface area contributed by atoms with Gasteiger partial charge in [-0.2, -0.15) is 0 Å². The van der Waals surface area contributed by atoms with E-state index in [-0.39, 0.29) is 11.9 Å². The highest BCUT2D eigenvalue weighted by molar-refractivity contribution is 5.82. The Bertz CT molecular complexity index is 331. The molecule has 1 aliphatic rings. The Hall–Kier alpha value is -1.14. The monoisotopic (exact) mass is 272 g/mol. The molecule has 1 saturated heterocycles. The lowest BCUT2D eigenvalue weighted by Crippen LogP contribution is -2.48. The van der Waals surface area contributed by atoms with Crippen LogP contribution in [0.4, 0.5) is 0 Å². The highest BCUT2D eigenvalue weighted by Gasteiger charge is 2.35. The first-order valence-electron chi connectivity index (χ1n) is 6.64. The molecule has 2 N–H and O–H groups in total.